The summed E-state index contributed by atoms with van der Waals surface area (Å²) in [5, 5.41) is 3.50. The van der Waals surface area contributed by atoms with E-state index < -0.39 is 19.9 Å². The van der Waals surface area contributed by atoms with Crippen LogP contribution in [0.25, 0.3) is 33.3 Å². The Labute approximate surface area is 196 Å². The van der Waals surface area contributed by atoms with Crippen LogP contribution in [-0.4, -0.2) is 18.0 Å². The van der Waals surface area contributed by atoms with Crippen LogP contribution in [0.1, 0.15) is 55.4 Å². The first-order valence-corrected chi connectivity index (χ1v) is 14.8. The van der Waals surface area contributed by atoms with Crippen molar-refractivity contribution in [3.05, 3.63) is 53.9 Å². The van der Waals surface area contributed by atoms with Crippen molar-refractivity contribution in [2.24, 2.45) is 5.41 Å². The van der Waals surface area contributed by atoms with E-state index in [-0.39, 0.29) is 5.41 Å². The molecular weight excluding hydrogens is 408 g/mol. The van der Waals surface area contributed by atoms with Crippen molar-refractivity contribution in [3.63, 3.8) is 0 Å². The van der Waals surface area contributed by atoms with Gasteiger partial charge in [0.1, 0.15) is 5.58 Å². The van der Waals surface area contributed by atoms with Crippen LogP contribution in [-0.2, 0) is 11.8 Å². The Morgan fingerprint density at radius 3 is 2.31 bits per heavy atom. The van der Waals surface area contributed by atoms with Gasteiger partial charge in [0.05, 0.1) is 13.8 Å². The van der Waals surface area contributed by atoms with Crippen molar-refractivity contribution in [1.29, 1.82) is 0 Å². The molecule has 0 bridgehead atoms. The van der Waals surface area contributed by atoms with E-state index in [0.717, 1.165) is 21.9 Å². The molecule has 0 aliphatic rings. The van der Waals surface area contributed by atoms with Gasteiger partial charge >= 0.3 is 0 Å². The zero-order valence-corrected chi connectivity index (χ0v) is 21.8. The Hall–Kier alpha value is -2.46. The predicted octanol–water partition coefficient (Wildman–Crippen LogP) is 7.47. The van der Waals surface area contributed by atoms with Crippen molar-refractivity contribution in [2.75, 3.05) is 0 Å². The van der Waals surface area contributed by atoms with E-state index in [9.17, 15) is 0 Å². The van der Waals surface area contributed by atoms with E-state index in [4.69, 9.17) is 12.1 Å². The molecule has 4 rings (SSSR count). The molecule has 3 heterocycles. The first-order valence-electron chi connectivity index (χ1n) is 12.3. The summed E-state index contributed by atoms with van der Waals surface area (Å²) in [7, 11) is -1.70. The predicted molar refractivity (Wildman–Crippen MR) is 140 cm³/mol. The molecule has 4 heteroatoms. The van der Waals surface area contributed by atoms with Crippen LogP contribution < -0.4 is 5.19 Å². The van der Waals surface area contributed by atoms with Crippen LogP contribution >= 0.6 is 0 Å². The van der Waals surface area contributed by atoms with E-state index in [2.05, 4.69) is 63.6 Å². The molecule has 0 fully saturated rings. The van der Waals surface area contributed by atoms with E-state index in [0.29, 0.717) is 17.0 Å². The number of rotatable bonds is 3. The lowest BCUT2D eigenvalue weighted by Crippen LogP contribution is -2.38. The standard InChI is InChI=1S/C28H36N2OSi/c1-27(2,3)16-18-12-13-29-22(14-18)20-10-11-23(32(7,8)9)24-21-15-19(28(4,5)6)17-30-26(21)31-25(20)24/h10-15,17H,16H2,1-9H3/i16D2. The summed E-state index contributed by atoms with van der Waals surface area (Å²) in [6, 6.07) is 10.2. The quantitative estimate of drug-likeness (QED) is 0.306. The number of furan rings is 1. The fraction of sp³-hybridized carbons (Fsp3) is 0.429. The summed E-state index contributed by atoms with van der Waals surface area (Å²) in [6.07, 6.45) is 2.11. The zero-order chi connectivity index (χ0) is 25.3. The normalized spacial score (nSPS) is 14.7. The van der Waals surface area contributed by atoms with Crippen LogP contribution in [0.4, 0.5) is 0 Å². The van der Waals surface area contributed by atoms with Crippen molar-refractivity contribution in [3.8, 4) is 11.3 Å². The van der Waals surface area contributed by atoms with E-state index in [1.54, 1.807) is 12.3 Å². The second-order valence-corrected chi connectivity index (χ2v) is 16.9. The Morgan fingerprint density at radius 1 is 0.969 bits per heavy atom. The molecule has 32 heavy (non-hydrogen) atoms. The summed E-state index contributed by atoms with van der Waals surface area (Å²) >= 11 is 0. The van der Waals surface area contributed by atoms with Gasteiger partial charge in [-0.05, 0) is 57.8 Å². The van der Waals surface area contributed by atoms with Crippen LogP contribution in [0, 0.1) is 5.41 Å². The molecule has 0 aliphatic carbocycles. The molecule has 0 saturated heterocycles. The lowest BCUT2D eigenvalue weighted by molar-refractivity contribution is 0.411. The number of fused-ring (bicyclic) bond motifs is 3. The maximum absolute atomic E-state index is 8.74. The summed E-state index contributed by atoms with van der Waals surface area (Å²) in [5.74, 6) is 0. The highest BCUT2D eigenvalue weighted by molar-refractivity contribution is 6.90. The van der Waals surface area contributed by atoms with Gasteiger partial charge in [0.25, 0.3) is 0 Å². The maximum atomic E-state index is 8.74. The number of nitrogens with zero attached hydrogens (tertiary/aromatic N) is 2. The monoisotopic (exact) mass is 446 g/mol. The molecule has 4 aromatic rings. The van der Waals surface area contributed by atoms with Gasteiger partial charge in [-0.2, -0.15) is 0 Å². The molecule has 0 spiro atoms. The third-order valence-corrected chi connectivity index (χ3v) is 7.74. The van der Waals surface area contributed by atoms with Crippen LogP contribution in [0.5, 0.6) is 0 Å². The highest BCUT2D eigenvalue weighted by Crippen LogP contribution is 2.37. The first kappa shape index (κ1) is 20.2. The van der Waals surface area contributed by atoms with Crippen molar-refractivity contribution in [1.82, 2.24) is 9.97 Å². The topological polar surface area (TPSA) is 38.9 Å². The molecule has 3 aromatic heterocycles. The van der Waals surface area contributed by atoms with Gasteiger partial charge in [-0.15, -0.1) is 0 Å². The first-order chi connectivity index (χ1) is 15.5. The molecule has 0 radical (unpaired) electrons. The van der Waals surface area contributed by atoms with Gasteiger partial charge in [0, 0.05) is 31.5 Å². The smallest absolute Gasteiger partial charge is 0.227 e. The third kappa shape index (κ3) is 4.38. The largest absolute Gasteiger partial charge is 0.437 e. The highest BCUT2D eigenvalue weighted by atomic mass is 28.3. The van der Waals surface area contributed by atoms with E-state index in [1.165, 1.54) is 10.8 Å². The number of aromatic nitrogens is 2. The van der Waals surface area contributed by atoms with Gasteiger partial charge < -0.3 is 4.42 Å². The van der Waals surface area contributed by atoms with Crippen LogP contribution in [0.3, 0.4) is 0 Å². The fourth-order valence-electron chi connectivity index (χ4n) is 4.09. The molecular formula is C28H36N2OSi. The average Bonchev–Trinajstić information content (AvgIpc) is 3.09. The van der Waals surface area contributed by atoms with Gasteiger partial charge in [-0.1, -0.05) is 67.2 Å². The second kappa shape index (κ2) is 7.55. The molecule has 0 unspecified atom stereocenters. The van der Waals surface area contributed by atoms with Gasteiger partial charge in [0.15, 0.2) is 0 Å². The molecule has 0 saturated carbocycles. The summed E-state index contributed by atoms with van der Waals surface area (Å²) in [5.41, 5.74) is 4.24. The van der Waals surface area contributed by atoms with Gasteiger partial charge in [-0.25, -0.2) is 4.98 Å². The maximum Gasteiger partial charge on any atom is 0.227 e. The molecule has 0 aliphatic heterocycles. The van der Waals surface area contributed by atoms with Crippen LogP contribution in [0.15, 0.2) is 47.1 Å². The third-order valence-electron chi connectivity index (χ3n) is 5.71. The van der Waals surface area contributed by atoms with Crippen molar-refractivity contribution < 1.29 is 7.16 Å². The summed E-state index contributed by atoms with van der Waals surface area (Å²) in [6.45, 7) is 19.4. The molecule has 0 N–H and O–H groups in total. The fourth-order valence-corrected chi connectivity index (χ4v) is 5.67. The number of hydrogen-bond donors (Lipinski definition) is 0. The Bertz CT molecular complexity index is 1390. The molecule has 0 atom stereocenters. The minimum atomic E-state index is -1.70. The lowest BCUT2D eigenvalue weighted by Gasteiger charge is -2.20. The summed E-state index contributed by atoms with van der Waals surface area (Å²) in [4.78, 5) is 9.34. The number of hydrogen-bond acceptors (Lipinski definition) is 3. The minimum absolute atomic E-state index is 0.0177. The summed E-state index contributed by atoms with van der Waals surface area (Å²) < 4.78 is 23.9. The number of pyridine rings is 2. The van der Waals surface area contributed by atoms with Gasteiger partial charge in [0.2, 0.25) is 5.71 Å². The second-order valence-electron chi connectivity index (χ2n) is 11.8. The highest BCUT2D eigenvalue weighted by Gasteiger charge is 2.26. The van der Waals surface area contributed by atoms with Crippen LogP contribution in [0.2, 0.25) is 19.6 Å². The Balaban J connectivity index is 2.04. The minimum Gasteiger partial charge on any atom is -0.437 e. The zero-order valence-electron chi connectivity index (χ0n) is 22.8. The molecule has 168 valence electrons. The Kier molecular flexibility index (Phi) is 4.76. The average molecular weight is 447 g/mol. The van der Waals surface area contributed by atoms with E-state index in [1.807, 2.05) is 33.0 Å². The van der Waals surface area contributed by atoms with Crippen molar-refractivity contribution >= 4 is 35.3 Å². The van der Waals surface area contributed by atoms with Crippen molar-refractivity contribution in [2.45, 2.75) is 73.0 Å². The molecule has 1 aromatic carbocycles. The van der Waals surface area contributed by atoms with E-state index >= 15 is 0 Å². The number of benzene rings is 1. The lowest BCUT2D eigenvalue weighted by atomic mass is 9.87. The molecule has 0 amide bonds. The van der Waals surface area contributed by atoms with Gasteiger partial charge in [-0.3, -0.25) is 4.98 Å². The SMILES string of the molecule is [2H]C([2H])(c1ccnc(-c2ccc([Si](C)(C)C)c3c2oc2ncc(C(C)(C)C)cc23)c1)C(C)(C)C. The molecule has 3 nitrogen and oxygen atoms in total. The Morgan fingerprint density at radius 2 is 1.69 bits per heavy atom.